The van der Waals surface area contributed by atoms with Gasteiger partial charge in [-0.25, -0.2) is 9.97 Å². The van der Waals surface area contributed by atoms with E-state index in [0.717, 1.165) is 23.8 Å². The Morgan fingerprint density at radius 3 is 2.67 bits per heavy atom. The lowest BCUT2D eigenvalue weighted by atomic mass is 10.3. The number of hydrogen-bond donors (Lipinski definition) is 0. The van der Waals surface area contributed by atoms with E-state index >= 15 is 0 Å². The van der Waals surface area contributed by atoms with Gasteiger partial charge in [-0.3, -0.25) is 0 Å². The SMILES string of the molecule is Cc1nccn1Cc1cn(-c2cccc(I)c2)cn1.Cl.Cl. The maximum atomic E-state index is 4.45. The Kier molecular flexibility index (Phi) is 6.70. The zero-order valence-corrected chi connectivity index (χ0v) is 15.1. The zero-order chi connectivity index (χ0) is 13.2. The van der Waals surface area contributed by atoms with Gasteiger partial charge in [0.05, 0.1) is 18.6 Å². The molecular formula is C14H15Cl2IN4. The molecule has 0 radical (unpaired) electrons. The molecule has 0 atom stereocenters. The molecule has 0 aliphatic heterocycles. The standard InChI is InChI=1S/C14H13IN4.2ClH/c1-11-16-5-6-18(11)8-13-9-19(10-17-13)14-4-2-3-12(15)7-14;;/h2-7,9-10H,8H2,1H3;2*1H. The third-order valence-corrected chi connectivity index (χ3v) is 3.67. The van der Waals surface area contributed by atoms with Gasteiger partial charge >= 0.3 is 0 Å². The summed E-state index contributed by atoms with van der Waals surface area (Å²) < 4.78 is 5.35. The number of nitrogens with zero attached hydrogens (tertiary/aromatic N) is 4. The Labute approximate surface area is 149 Å². The molecule has 0 amide bonds. The van der Waals surface area contributed by atoms with Gasteiger partial charge in [0.15, 0.2) is 0 Å². The summed E-state index contributed by atoms with van der Waals surface area (Å²) in [5, 5.41) is 0. The molecule has 0 unspecified atom stereocenters. The van der Waals surface area contributed by atoms with Crippen molar-refractivity contribution in [3.05, 3.63) is 64.3 Å². The second kappa shape index (κ2) is 7.82. The van der Waals surface area contributed by atoms with Crippen LogP contribution in [0.5, 0.6) is 0 Å². The molecule has 3 rings (SSSR count). The maximum Gasteiger partial charge on any atom is 0.105 e. The quantitative estimate of drug-likeness (QED) is 0.584. The van der Waals surface area contributed by atoms with Crippen LogP contribution in [0.15, 0.2) is 49.2 Å². The number of aryl methyl sites for hydroxylation is 1. The van der Waals surface area contributed by atoms with Crippen LogP contribution in [0.4, 0.5) is 0 Å². The lowest BCUT2D eigenvalue weighted by Crippen LogP contribution is -2.00. The summed E-state index contributed by atoms with van der Waals surface area (Å²) in [7, 11) is 0. The van der Waals surface area contributed by atoms with Gasteiger partial charge in [-0.2, -0.15) is 0 Å². The van der Waals surface area contributed by atoms with Crippen molar-refractivity contribution in [3.8, 4) is 5.69 Å². The zero-order valence-electron chi connectivity index (χ0n) is 11.3. The first-order valence-electron chi connectivity index (χ1n) is 5.99. The Bertz CT molecular complexity index is 708. The highest BCUT2D eigenvalue weighted by molar-refractivity contribution is 14.1. The molecule has 0 N–H and O–H groups in total. The summed E-state index contributed by atoms with van der Waals surface area (Å²) in [6.07, 6.45) is 7.70. The summed E-state index contributed by atoms with van der Waals surface area (Å²) in [5.74, 6) is 1.00. The molecule has 0 aliphatic carbocycles. The molecule has 7 heteroatoms. The van der Waals surface area contributed by atoms with Crippen molar-refractivity contribution in [1.29, 1.82) is 0 Å². The predicted octanol–water partition coefficient (Wildman–Crippen LogP) is 3.87. The van der Waals surface area contributed by atoms with Gasteiger partial charge in [-0.1, -0.05) is 6.07 Å². The fourth-order valence-electron chi connectivity index (χ4n) is 1.97. The predicted molar refractivity (Wildman–Crippen MR) is 96.8 cm³/mol. The molecule has 0 fully saturated rings. The number of hydrogen-bond acceptors (Lipinski definition) is 2. The monoisotopic (exact) mass is 436 g/mol. The third kappa shape index (κ3) is 4.21. The number of benzene rings is 1. The van der Waals surface area contributed by atoms with Crippen LogP contribution >= 0.6 is 47.4 Å². The molecule has 4 nitrogen and oxygen atoms in total. The lowest BCUT2D eigenvalue weighted by Gasteiger charge is -2.03. The summed E-state index contributed by atoms with van der Waals surface area (Å²) >= 11 is 2.32. The van der Waals surface area contributed by atoms with E-state index in [2.05, 4.69) is 67.6 Å². The van der Waals surface area contributed by atoms with Gasteiger partial charge in [-0.15, -0.1) is 24.8 Å². The highest BCUT2D eigenvalue weighted by Gasteiger charge is 2.04. The molecule has 0 aliphatic rings. The van der Waals surface area contributed by atoms with Crippen LogP contribution in [0, 0.1) is 10.5 Å². The Hall–Kier alpha value is -1.05. The van der Waals surface area contributed by atoms with E-state index in [1.165, 1.54) is 3.57 Å². The minimum Gasteiger partial charge on any atom is -0.329 e. The van der Waals surface area contributed by atoms with Gasteiger partial charge in [-0.05, 0) is 47.7 Å². The van der Waals surface area contributed by atoms with Gasteiger partial charge in [0.2, 0.25) is 0 Å². The Balaban J connectivity index is 0.00000110. The largest absolute Gasteiger partial charge is 0.329 e. The van der Waals surface area contributed by atoms with E-state index in [0.29, 0.717) is 0 Å². The van der Waals surface area contributed by atoms with Crippen LogP contribution in [0.25, 0.3) is 5.69 Å². The highest BCUT2D eigenvalue weighted by Crippen LogP contribution is 2.13. The molecule has 0 spiro atoms. The third-order valence-electron chi connectivity index (χ3n) is 3.00. The smallest absolute Gasteiger partial charge is 0.105 e. The molecule has 21 heavy (non-hydrogen) atoms. The van der Waals surface area contributed by atoms with Gasteiger partial charge < -0.3 is 9.13 Å². The second-order valence-electron chi connectivity index (χ2n) is 4.35. The number of rotatable bonds is 3. The first kappa shape index (κ1) is 18.0. The molecule has 1 aromatic carbocycles. The normalized spacial score (nSPS) is 9.81. The molecule has 0 saturated heterocycles. The minimum absolute atomic E-state index is 0. The molecule has 3 aromatic rings. The van der Waals surface area contributed by atoms with Crippen molar-refractivity contribution in [2.24, 2.45) is 0 Å². The molecular weight excluding hydrogens is 422 g/mol. The van der Waals surface area contributed by atoms with E-state index in [1.54, 1.807) is 0 Å². The fraction of sp³-hybridized carbons (Fsp3) is 0.143. The van der Waals surface area contributed by atoms with Crippen LogP contribution in [-0.4, -0.2) is 19.1 Å². The fourth-order valence-corrected chi connectivity index (χ4v) is 2.50. The Morgan fingerprint density at radius 1 is 1.19 bits per heavy atom. The molecule has 2 aromatic heterocycles. The first-order valence-corrected chi connectivity index (χ1v) is 7.07. The van der Waals surface area contributed by atoms with E-state index < -0.39 is 0 Å². The lowest BCUT2D eigenvalue weighted by molar-refractivity contribution is 0.746. The molecule has 0 saturated carbocycles. The van der Waals surface area contributed by atoms with Crippen molar-refractivity contribution in [1.82, 2.24) is 19.1 Å². The number of halogens is 3. The second-order valence-corrected chi connectivity index (χ2v) is 5.60. The van der Waals surface area contributed by atoms with Crippen molar-refractivity contribution in [2.75, 3.05) is 0 Å². The number of aromatic nitrogens is 4. The first-order chi connectivity index (χ1) is 9.22. The van der Waals surface area contributed by atoms with Crippen molar-refractivity contribution in [3.63, 3.8) is 0 Å². The van der Waals surface area contributed by atoms with Gasteiger partial charge in [0.1, 0.15) is 5.82 Å². The van der Waals surface area contributed by atoms with Gasteiger partial charge in [0.25, 0.3) is 0 Å². The van der Waals surface area contributed by atoms with Crippen LogP contribution in [0.2, 0.25) is 0 Å². The molecule has 112 valence electrons. The van der Waals surface area contributed by atoms with E-state index in [1.807, 2.05) is 30.2 Å². The van der Waals surface area contributed by atoms with Crippen LogP contribution in [0.1, 0.15) is 11.5 Å². The van der Waals surface area contributed by atoms with Crippen LogP contribution < -0.4 is 0 Å². The molecule has 0 bridgehead atoms. The van der Waals surface area contributed by atoms with Crippen molar-refractivity contribution >= 4 is 47.4 Å². The topological polar surface area (TPSA) is 35.6 Å². The van der Waals surface area contributed by atoms with Crippen LogP contribution in [0.3, 0.4) is 0 Å². The average Bonchev–Trinajstić information content (AvgIpc) is 3.00. The van der Waals surface area contributed by atoms with Gasteiger partial charge in [0, 0.05) is 27.8 Å². The highest BCUT2D eigenvalue weighted by atomic mass is 127. The average molecular weight is 437 g/mol. The maximum absolute atomic E-state index is 4.45. The van der Waals surface area contributed by atoms with Crippen LogP contribution in [-0.2, 0) is 6.54 Å². The van der Waals surface area contributed by atoms with E-state index in [9.17, 15) is 0 Å². The summed E-state index contributed by atoms with van der Waals surface area (Å²) in [6.45, 7) is 2.75. The minimum atomic E-state index is 0. The number of imidazole rings is 2. The summed E-state index contributed by atoms with van der Waals surface area (Å²) in [5.41, 5.74) is 2.16. The van der Waals surface area contributed by atoms with Crippen molar-refractivity contribution < 1.29 is 0 Å². The Morgan fingerprint density at radius 2 is 2.00 bits per heavy atom. The molecule has 2 heterocycles. The van der Waals surface area contributed by atoms with E-state index in [4.69, 9.17) is 0 Å². The summed E-state index contributed by atoms with van der Waals surface area (Å²) in [4.78, 5) is 8.67. The summed E-state index contributed by atoms with van der Waals surface area (Å²) in [6, 6.07) is 8.35. The van der Waals surface area contributed by atoms with E-state index in [-0.39, 0.29) is 24.8 Å². The van der Waals surface area contributed by atoms with Crippen molar-refractivity contribution in [2.45, 2.75) is 13.5 Å².